The molecule has 2 heterocycles. The Labute approximate surface area is 131 Å². The number of carbonyl (C=O) groups excluding carboxylic acids is 2. The Balaban J connectivity index is 2.25. The van der Waals surface area contributed by atoms with Crippen molar-refractivity contribution in [3.8, 4) is 0 Å². The van der Waals surface area contributed by atoms with Gasteiger partial charge in [-0.3, -0.25) is 4.79 Å². The van der Waals surface area contributed by atoms with Gasteiger partial charge in [0.1, 0.15) is 11.4 Å². The fourth-order valence-electron chi connectivity index (χ4n) is 2.19. The van der Waals surface area contributed by atoms with Gasteiger partial charge in [0.2, 0.25) is 0 Å². The molecule has 2 aliphatic rings. The van der Waals surface area contributed by atoms with Gasteiger partial charge in [-0.25, -0.2) is 4.79 Å². The molecule has 0 N–H and O–H groups in total. The van der Waals surface area contributed by atoms with Gasteiger partial charge in [-0.1, -0.05) is 43.5 Å². The van der Waals surface area contributed by atoms with Crippen molar-refractivity contribution in [2.75, 3.05) is 0 Å². The second-order valence-corrected chi connectivity index (χ2v) is 10.7. The Hall–Kier alpha value is 0.540. The van der Waals surface area contributed by atoms with Gasteiger partial charge in [0, 0.05) is 4.75 Å². The predicted molar refractivity (Wildman–Crippen MR) is 78.1 cm³/mol. The van der Waals surface area contributed by atoms with Crippen LogP contribution >= 0.6 is 55.2 Å². The number of carbonyl (C=O) groups is 2. The summed E-state index contributed by atoms with van der Waals surface area (Å²) in [7, 11) is 0. The van der Waals surface area contributed by atoms with Crippen LogP contribution in [0.5, 0.6) is 0 Å². The van der Waals surface area contributed by atoms with E-state index in [9.17, 15) is 9.59 Å². The lowest BCUT2D eigenvalue weighted by Gasteiger charge is -2.46. The van der Waals surface area contributed by atoms with Gasteiger partial charge < -0.3 is 9.64 Å². The van der Waals surface area contributed by atoms with Crippen molar-refractivity contribution in [3.05, 3.63) is 0 Å². The molecule has 2 aliphatic heterocycles. The van der Waals surface area contributed by atoms with E-state index in [2.05, 4.69) is 31.9 Å². The molecule has 102 valence electrons. The Morgan fingerprint density at radius 2 is 2.11 bits per heavy atom. The number of hydrogen-bond acceptors (Lipinski definition) is 4. The topological polar surface area (TPSA) is 46.6 Å². The predicted octanol–water partition coefficient (Wildman–Crippen LogP) is 2.66. The molecule has 3 atom stereocenters. The lowest BCUT2D eigenvalue weighted by Crippen LogP contribution is -2.68. The first-order chi connectivity index (χ1) is 8.09. The molecule has 0 aromatic carbocycles. The SMILES string of the molecule is CC(Cl)OC(=O)[C@@H]1N2C(=O)C(Br)(Br)[C@H]2SC1(C)C. The van der Waals surface area contributed by atoms with Gasteiger partial charge in [0.25, 0.3) is 5.91 Å². The maximum Gasteiger partial charge on any atom is 0.331 e. The van der Waals surface area contributed by atoms with Crippen LogP contribution in [0.15, 0.2) is 0 Å². The molecule has 0 aromatic rings. The number of β-lactam (4-membered cyclic amide) rings is 1. The number of hydrogen-bond donors (Lipinski definition) is 0. The van der Waals surface area contributed by atoms with Gasteiger partial charge in [-0.05, 0) is 20.8 Å². The summed E-state index contributed by atoms with van der Waals surface area (Å²) in [6, 6.07) is -0.607. The monoisotopic (exact) mass is 419 g/mol. The van der Waals surface area contributed by atoms with Crippen LogP contribution in [-0.4, -0.2) is 41.7 Å². The van der Waals surface area contributed by atoms with E-state index in [0.717, 1.165) is 0 Å². The largest absolute Gasteiger partial charge is 0.445 e. The summed E-state index contributed by atoms with van der Waals surface area (Å²) in [6.07, 6.45) is 0. The number of thioether (sulfide) groups is 1. The summed E-state index contributed by atoms with van der Waals surface area (Å²) < 4.78 is 3.84. The highest BCUT2D eigenvalue weighted by Crippen LogP contribution is 2.60. The molecule has 0 aromatic heterocycles. The van der Waals surface area contributed by atoms with Crippen LogP contribution in [-0.2, 0) is 14.3 Å². The quantitative estimate of drug-likeness (QED) is 0.391. The van der Waals surface area contributed by atoms with Crippen molar-refractivity contribution in [2.45, 2.75) is 45.7 Å². The average molecular weight is 422 g/mol. The Kier molecular flexibility index (Phi) is 3.76. The fraction of sp³-hybridized carbons (Fsp3) is 0.800. The lowest BCUT2D eigenvalue weighted by molar-refractivity contribution is -0.162. The summed E-state index contributed by atoms with van der Waals surface area (Å²) >= 11 is 13.9. The average Bonchev–Trinajstić information content (AvgIpc) is 2.47. The third-order valence-electron chi connectivity index (χ3n) is 2.94. The highest BCUT2D eigenvalue weighted by molar-refractivity contribution is 9.26. The van der Waals surface area contributed by atoms with Crippen LogP contribution in [0, 0.1) is 0 Å². The second-order valence-electron chi connectivity index (χ2n) is 4.79. The van der Waals surface area contributed by atoms with Crippen LogP contribution in [0.4, 0.5) is 0 Å². The molecule has 0 bridgehead atoms. The van der Waals surface area contributed by atoms with Crippen molar-refractivity contribution in [1.82, 2.24) is 4.90 Å². The molecule has 0 aliphatic carbocycles. The van der Waals surface area contributed by atoms with Crippen LogP contribution < -0.4 is 0 Å². The molecule has 0 radical (unpaired) electrons. The molecular weight excluding hydrogens is 409 g/mol. The maximum absolute atomic E-state index is 12.1. The number of amides is 1. The smallest absolute Gasteiger partial charge is 0.331 e. The summed E-state index contributed by atoms with van der Waals surface area (Å²) in [5.41, 5.74) is -0.702. The van der Waals surface area contributed by atoms with E-state index in [4.69, 9.17) is 16.3 Å². The van der Waals surface area contributed by atoms with Crippen LogP contribution in [0.2, 0.25) is 0 Å². The van der Waals surface area contributed by atoms with Crippen molar-refractivity contribution >= 4 is 67.1 Å². The van der Waals surface area contributed by atoms with Gasteiger partial charge in [-0.2, -0.15) is 0 Å². The molecule has 18 heavy (non-hydrogen) atoms. The van der Waals surface area contributed by atoms with E-state index < -0.39 is 25.6 Å². The minimum absolute atomic E-state index is 0.122. The Morgan fingerprint density at radius 1 is 1.56 bits per heavy atom. The van der Waals surface area contributed by atoms with Gasteiger partial charge >= 0.3 is 5.97 Å². The summed E-state index contributed by atoms with van der Waals surface area (Å²) in [4.78, 5) is 25.7. The van der Waals surface area contributed by atoms with Crippen molar-refractivity contribution < 1.29 is 14.3 Å². The van der Waals surface area contributed by atoms with E-state index in [0.29, 0.717) is 0 Å². The lowest BCUT2D eigenvalue weighted by atomic mass is 9.98. The first-order valence-corrected chi connectivity index (χ1v) is 8.22. The van der Waals surface area contributed by atoms with E-state index in [1.54, 1.807) is 23.6 Å². The molecule has 4 nitrogen and oxygen atoms in total. The van der Waals surface area contributed by atoms with E-state index in [1.807, 2.05) is 13.8 Å². The molecular formula is C10H12Br2ClNO3S. The number of nitrogens with zero attached hydrogens (tertiary/aromatic N) is 1. The van der Waals surface area contributed by atoms with Crippen molar-refractivity contribution in [3.63, 3.8) is 0 Å². The van der Waals surface area contributed by atoms with Crippen LogP contribution in [0.25, 0.3) is 0 Å². The molecule has 1 amide bonds. The number of rotatable bonds is 2. The van der Waals surface area contributed by atoms with Crippen molar-refractivity contribution in [1.29, 1.82) is 0 Å². The Bertz CT molecular complexity index is 416. The summed E-state index contributed by atoms with van der Waals surface area (Å²) in [6.45, 7) is 5.41. The number of alkyl halides is 3. The van der Waals surface area contributed by atoms with E-state index in [1.165, 1.54) is 0 Å². The number of esters is 1. The Morgan fingerprint density at radius 3 is 2.61 bits per heavy atom. The normalized spacial score (nSPS) is 33.7. The number of halogens is 3. The zero-order valence-corrected chi connectivity index (χ0v) is 14.7. The highest BCUT2D eigenvalue weighted by Gasteiger charge is 2.70. The van der Waals surface area contributed by atoms with Crippen LogP contribution in [0.3, 0.4) is 0 Å². The zero-order valence-electron chi connectivity index (χ0n) is 9.95. The van der Waals surface area contributed by atoms with Crippen LogP contribution in [0.1, 0.15) is 20.8 Å². The summed E-state index contributed by atoms with van der Waals surface area (Å²) in [5.74, 6) is -0.615. The molecule has 2 rings (SSSR count). The van der Waals surface area contributed by atoms with Gasteiger partial charge in [-0.15, -0.1) is 11.8 Å². The second kappa shape index (κ2) is 4.53. The first kappa shape index (κ1) is 14.9. The van der Waals surface area contributed by atoms with Gasteiger partial charge in [0.05, 0.1) is 0 Å². The fourth-order valence-corrected chi connectivity index (χ4v) is 5.18. The minimum atomic E-state index is -0.774. The zero-order chi connectivity index (χ0) is 13.9. The molecule has 0 spiro atoms. The number of fused-ring (bicyclic) bond motifs is 1. The molecule has 2 fully saturated rings. The van der Waals surface area contributed by atoms with E-state index in [-0.39, 0.29) is 11.3 Å². The maximum atomic E-state index is 12.1. The van der Waals surface area contributed by atoms with E-state index >= 15 is 0 Å². The molecule has 2 saturated heterocycles. The standard InChI is InChI=1S/C10H12Br2ClNO3S/c1-4(13)17-6(15)5-9(2,3)18-8-10(11,12)7(16)14(5)8/h4-5,8H,1-3H3/t4?,5-,8+/m0/s1. The van der Waals surface area contributed by atoms with Crippen molar-refractivity contribution in [2.24, 2.45) is 0 Å². The highest BCUT2D eigenvalue weighted by atomic mass is 79.9. The minimum Gasteiger partial charge on any atom is -0.445 e. The third kappa shape index (κ3) is 2.11. The molecule has 8 heteroatoms. The number of ether oxygens (including phenoxy) is 1. The summed E-state index contributed by atoms with van der Waals surface area (Å²) in [5, 5.41) is -0.122. The first-order valence-electron chi connectivity index (χ1n) is 5.32. The van der Waals surface area contributed by atoms with Gasteiger partial charge in [0.15, 0.2) is 8.80 Å². The molecule has 1 unspecified atom stereocenters. The molecule has 0 saturated carbocycles. The third-order valence-corrected chi connectivity index (χ3v) is 6.81.